The summed E-state index contributed by atoms with van der Waals surface area (Å²) >= 11 is 0. The third-order valence-electron chi connectivity index (χ3n) is 3.05. The Morgan fingerprint density at radius 2 is 1.95 bits per heavy atom. The molecule has 0 radical (unpaired) electrons. The molecule has 0 bridgehead atoms. The van der Waals surface area contributed by atoms with Gasteiger partial charge in [0.15, 0.2) is 0 Å². The molecule has 0 aliphatic carbocycles. The van der Waals surface area contributed by atoms with E-state index in [0.717, 1.165) is 11.1 Å². The van der Waals surface area contributed by atoms with E-state index in [2.05, 4.69) is 15.6 Å². The molecular weight excluding hydrogens is 254 g/mol. The summed E-state index contributed by atoms with van der Waals surface area (Å²) in [5, 5.41) is 5.46. The van der Waals surface area contributed by atoms with Crippen LogP contribution in [0.3, 0.4) is 0 Å². The topological polar surface area (TPSA) is 74.0 Å². The van der Waals surface area contributed by atoms with Gasteiger partial charge in [-0.3, -0.25) is 4.79 Å². The van der Waals surface area contributed by atoms with Gasteiger partial charge >= 0.3 is 6.03 Å². The Morgan fingerprint density at radius 1 is 1.20 bits per heavy atom. The number of aromatic nitrogens is 1. The first-order chi connectivity index (χ1) is 9.56. The van der Waals surface area contributed by atoms with Crippen LogP contribution in [0.2, 0.25) is 0 Å². The van der Waals surface area contributed by atoms with Gasteiger partial charge in [-0.25, -0.2) is 4.79 Å². The van der Waals surface area contributed by atoms with Crippen LogP contribution in [0, 0.1) is 13.8 Å². The molecule has 0 fully saturated rings. The third-order valence-corrected chi connectivity index (χ3v) is 3.05. The molecule has 20 heavy (non-hydrogen) atoms. The lowest BCUT2D eigenvalue weighted by atomic mass is 10.1. The fraction of sp³-hybridized carbons (Fsp3) is 0.200. The van der Waals surface area contributed by atoms with Crippen molar-refractivity contribution in [3.63, 3.8) is 0 Å². The van der Waals surface area contributed by atoms with Gasteiger partial charge in [0.05, 0.1) is 5.69 Å². The molecule has 1 aromatic heterocycles. The van der Waals surface area contributed by atoms with E-state index >= 15 is 0 Å². The van der Waals surface area contributed by atoms with Gasteiger partial charge in [0, 0.05) is 18.3 Å². The normalized spacial score (nSPS) is 10.1. The van der Waals surface area contributed by atoms with Crippen LogP contribution in [-0.2, 0) is 6.54 Å². The molecule has 3 N–H and O–H groups in total. The quantitative estimate of drug-likeness (QED) is 0.801. The second-order valence-corrected chi connectivity index (χ2v) is 4.63. The van der Waals surface area contributed by atoms with Gasteiger partial charge in [0.2, 0.25) is 0 Å². The number of anilines is 1. The summed E-state index contributed by atoms with van der Waals surface area (Å²) < 4.78 is 0. The van der Waals surface area contributed by atoms with Crippen molar-refractivity contribution in [1.82, 2.24) is 10.3 Å². The summed E-state index contributed by atoms with van der Waals surface area (Å²) in [4.78, 5) is 25.6. The highest BCUT2D eigenvalue weighted by Gasteiger charge is 2.04. The molecule has 0 aliphatic rings. The number of rotatable bonds is 3. The van der Waals surface area contributed by atoms with Crippen molar-refractivity contribution in [2.45, 2.75) is 20.4 Å². The zero-order valence-corrected chi connectivity index (χ0v) is 11.5. The predicted octanol–water partition coefficient (Wildman–Crippen LogP) is 2.31. The Morgan fingerprint density at radius 3 is 2.65 bits per heavy atom. The van der Waals surface area contributed by atoms with E-state index in [0.29, 0.717) is 17.8 Å². The van der Waals surface area contributed by atoms with E-state index in [1.165, 1.54) is 6.20 Å². The maximum Gasteiger partial charge on any atom is 0.319 e. The monoisotopic (exact) mass is 271 g/mol. The summed E-state index contributed by atoms with van der Waals surface area (Å²) in [6, 6.07) is 9.20. The van der Waals surface area contributed by atoms with Crippen molar-refractivity contribution in [1.29, 1.82) is 0 Å². The smallest absolute Gasteiger partial charge is 0.319 e. The summed E-state index contributed by atoms with van der Waals surface area (Å²) in [7, 11) is 0. The maximum atomic E-state index is 11.8. The van der Waals surface area contributed by atoms with Crippen molar-refractivity contribution in [3.05, 3.63) is 63.6 Å². The van der Waals surface area contributed by atoms with Crippen molar-refractivity contribution in [2.75, 3.05) is 5.32 Å². The highest BCUT2D eigenvalue weighted by Crippen LogP contribution is 2.07. The Balaban J connectivity index is 1.94. The van der Waals surface area contributed by atoms with Crippen LogP contribution in [0.4, 0.5) is 10.5 Å². The highest BCUT2D eigenvalue weighted by molar-refractivity contribution is 5.89. The highest BCUT2D eigenvalue weighted by atomic mass is 16.2. The molecule has 0 unspecified atom stereocenters. The Kier molecular flexibility index (Phi) is 4.20. The van der Waals surface area contributed by atoms with Gasteiger partial charge in [-0.1, -0.05) is 24.3 Å². The predicted molar refractivity (Wildman–Crippen MR) is 78.8 cm³/mol. The van der Waals surface area contributed by atoms with Crippen LogP contribution in [0.1, 0.15) is 16.7 Å². The molecule has 2 amide bonds. The number of aryl methyl sites for hydroxylation is 2. The van der Waals surface area contributed by atoms with E-state index < -0.39 is 0 Å². The molecule has 5 nitrogen and oxygen atoms in total. The first kappa shape index (κ1) is 13.9. The molecule has 0 saturated carbocycles. The van der Waals surface area contributed by atoms with E-state index in [1.54, 1.807) is 13.0 Å². The molecule has 1 heterocycles. The number of benzene rings is 1. The molecule has 2 aromatic rings. The van der Waals surface area contributed by atoms with Crippen LogP contribution in [0.5, 0.6) is 0 Å². The Labute approximate surface area is 117 Å². The summed E-state index contributed by atoms with van der Waals surface area (Å²) in [5.41, 5.74) is 3.16. The first-order valence-electron chi connectivity index (χ1n) is 6.35. The largest absolute Gasteiger partial charge is 0.334 e. The van der Waals surface area contributed by atoms with Crippen LogP contribution in [0.25, 0.3) is 0 Å². The number of hydrogen-bond acceptors (Lipinski definition) is 2. The van der Waals surface area contributed by atoms with Crippen LogP contribution in [0.15, 0.2) is 41.3 Å². The maximum absolute atomic E-state index is 11.8. The minimum atomic E-state index is -0.306. The van der Waals surface area contributed by atoms with Gasteiger partial charge in [-0.05, 0) is 31.0 Å². The molecule has 5 heteroatoms. The number of hydrogen-bond donors (Lipinski definition) is 3. The molecule has 0 saturated heterocycles. The second-order valence-electron chi connectivity index (χ2n) is 4.63. The number of aromatic amines is 1. The number of carbonyl (C=O) groups excluding carboxylic acids is 1. The van der Waals surface area contributed by atoms with E-state index in [1.807, 2.05) is 31.2 Å². The number of amides is 2. The minimum Gasteiger partial charge on any atom is -0.334 e. The molecular formula is C15H17N3O2. The molecule has 0 spiro atoms. The number of H-pyrrole nitrogens is 1. The van der Waals surface area contributed by atoms with Crippen molar-refractivity contribution >= 4 is 11.7 Å². The van der Waals surface area contributed by atoms with Gasteiger partial charge in [-0.15, -0.1) is 0 Å². The van der Waals surface area contributed by atoms with Crippen LogP contribution >= 0.6 is 0 Å². The van der Waals surface area contributed by atoms with Gasteiger partial charge in [0.25, 0.3) is 5.56 Å². The molecule has 0 aliphatic heterocycles. The van der Waals surface area contributed by atoms with Crippen molar-refractivity contribution < 1.29 is 4.79 Å². The number of urea groups is 1. The van der Waals surface area contributed by atoms with Gasteiger partial charge in [-0.2, -0.15) is 0 Å². The Hall–Kier alpha value is -2.56. The van der Waals surface area contributed by atoms with Crippen LogP contribution < -0.4 is 16.2 Å². The number of nitrogens with one attached hydrogen (secondary N) is 3. The van der Waals surface area contributed by atoms with E-state index in [4.69, 9.17) is 0 Å². The lowest BCUT2D eigenvalue weighted by molar-refractivity contribution is 0.251. The standard InChI is InChI=1S/C15H17N3O2/c1-10-5-3-4-6-12(10)8-17-15(20)18-13-7-11(2)14(19)16-9-13/h3-7,9H,8H2,1-2H3,(H,16,19)(H2,17,18,20). The lowest BCUT2D eigenvalue weighted by Gasteiger charge is -2.09. The van der Waals surface area contributed by atoms with E-state index in [9.17, 15) is 9.59 Å². The summed E-state index contributed by atoms with van der Waals surface area (Å²) in [5.74, 6) is 0. The Bertz CT molecular complexity index is 677. The number of pyridine rings is 1. The average molecular weight is 271 g/mol. The van der Waals surface area contributed by atoms with Gasteiger partial charge in [0.1, 0.15) is 0 Å². The molecule has 1 aromatic carbocycles. The fourth-order valence-electron chi connectivity index (χ4n) is 1.83. The van der Waals surface area contributed by atoms with Crippen molar-refractivity contribution in [2.24, 2.45) is 0 Å². The molecule has 104 valence electrons. The molecule has 0 atom stereocenters. The third kappa shape index (κ3) is 3.47. The van der Waals surface area contributed by atoms with E-state index in [-0.39, 0.29) is 11.6 Å². The SMILES string of the molecule is Cc1ccccc1CNC(=O)Nc1c[nH]c(=O)c(C)c1. The molecule has 2 rings (SSSR count). The summed E-state index contributed by atoms with van der Waals surface area (Å²) in [6.07, 6.45) is 1.47. The van der Waals surface area contributed by atoms with Gasteiger partial charge < -0.3 is 15.6 Å². The zero-order chi connectivity index (χ0) is 14.5. The zero-order valence-electron chi connectivity index (χ0n) is 11.5. The first-order valence-corrected chi connectivity index (χ1v) is 6.35. The average Bonchev–Trinajstić information content (AvgIpc) is 2.42. The van der Waals surface area contributed by atoms with Crippen LogP contribution in [-0.4, -0.2) is 11.0 Å². The second kappa shape index (κ2) is 6.06. The van der Waals surface area contributed by atoms with Crippen molar-refractivity contribution in [3.8, 4) is 0 Å². The minimum absolute atomic E-state index is 0.157. The number of carbonyl (C=O) groups is 1. The fourth-order valence-corrected chi connectivity index (χ4v) is 1.83. The summed E-state index contributed by atoms with van der Waals surface area (Å²) in [6.45, 7) is 4.15. The lowest BCUT2D eigenvalue weighted by Crippen LogP contribution is -2.28.